The van der Waals surface area contributed by atoms with Crippen molar-refractivity contribution in [2.75, 3.05) is 13.2 Å². The zero-order valence-corrected chi connectivity index (χ0v) is 25.5. The Hall–Kier alpha value is -3.79. The molecule has 15 heteroatoms. The van der Waals surface area contributed by atoms with E-state index < -0.39 is 56.0 Å². The Balaban J connectivity index is 1.32. The van der Waals surface area contributed by atoms with E-state index in [1.807, 2.05) is 0 Å². The zero-order chi connectivity index (χ0) is 32.4. The van der Waals surface area contributed by atoms with Gasteiger partial charge in [-0.05, 0) is 85.9 Å². The van der Waals surface area contributed by atoms with Gasteiger partial charge in [0.15, 0.2) is 5.01 Å². The Labute approximate surface area is 264 Å². The largest absolute Gasteiger partial charge is 0.427 e. The van der Waals surface area contributed by atoms with Crippen LogP contribution in [0.2, 0.25) is 0 Å². The lowest BCUT2D eigenvalue weighted by Crippen LogP contribution is -2.58. The van der Waals surface area contributed by atoms with Crippen molar-refractivity contribution in [3.05, 3.63) is 99.3 Å². The molecule has 4 aromatic rings. The molecule has 2 aliphatic carbocycles. The van der Waals surface area contributed by atoms with Crippen LogP contribution in [-0.4, -0.2) is 58.6 Å². The van der Waals surface area contributed by atoms with Crippen LogP contribution in [0.5, 0.6) is 0 Å². The lowest BCUT2D eigenvalue weighted by molar-refractivity contribution is -0.134. The van der Waals surface area contributed by atoms with E-state index in [0.717, 1.165) is 12.1 Å². The molecule has 3 heterocycles. The minimum Gasteiger partial charge on any atom is -0.378 e. The average Bonchev–Trinajstić information content (AvgIpc) is 3.65. The van der Waals surface area contributed by atoms with E-state index in [1.165, 1.54) is 28.6 Å². The molecule has 0 N–H and O–H groups in total. The van der Waals surface area contributed by atoms with Gasteiger partial charge in [-0.1, -0.05) is 5.57 Å². The molecular weight excluding hydrogens is 651 g/mol. The van der Waals surface area contributed by atoms with Crippen LogP contribution in [0.1, 0.15) is 45.2 Å². The number of carbonyl (C=O) groups is 1. The molecule has 2 aromatic carbocycles. The minimum atomic E-state index is -4.69. The number of Topliss-reactive ketones (excluding diaryl/α,β-unsaturated/α-hetero) is 1. The minimum absolute atomic E-state index is 0.0311. The number of thiazole rings is 1. The number of fused-ring (bicyclic) bond motifs is 2. The molecule has 240 valence electrons. The number of benzene rings is 2. The number of nitrogens with zero attached hydrogens (tertiary/aromatic N) is 4. The second-order valence-electron chi connectivity index (χ2n) is 11.6. The van der Waals surface area contributed by atoms with Gasteiger partial charge in [-0.25, -0.2) is 26.9 Å². The molecule has 1 saturated carbocycles. The quantitative estimate of drug-likeness (QED) is 0.174. The van der Waals surface area contributed by atoms with Crippen molar-refractivity contribution >= 4 is 33.2 Å². The number of rotatable bonds is 7. The first-order valence-corrected chi connectivity index (χ1v) is 16.6. The van der Waals surface area contributed by atoms with E-state index in [0.29, 0.717) is 35.1 Å². The van der Waals surface area contributed by atoms with E-state index in [-0.39, 0.29) is 53.7 Å². The van der Waals surface area contributed by atoms with Gasteiger partial charge in [-0.15, -0.1) is 11.3 Å². The van der Waals surface area contributed by atoms with E-state index in [9.17, 15) is 35.2 Å². The van der Waals surface area contributed by atoms with Gasteiger partial charge in [0.1, 0.15) is 16.5 Å². The van der Waals surface area contributed by atoms with Gasteiger partial charge in [-0.2, -0.15) is 22.6 Å². The first-order valence-electron chi connectivity index (χ1n) is 14.4. The average molecular weight is 677 g/mol. The maximum atomic E-state index is 14.4. The van der Waals surface area contributed by atoms with Crippen LogP contribution in [0.4, 0.5) is 22.0 Å². The third-order valence-electron chi connectivity index (χ3n) is 8.85. The molecule has 1 saturated heterocycles. The van der Waals surface area contributed by atoms with Gasteiger partial charge < -0.3 is 4.74 Å². The van der Waals surface area contributed by atoms with E-state index in [1.54, 1.807) is 29.1 Å². The molecule has 46 heavy (non-hydrogen) atoms. The lowest BCUT2D eigenvalue weighted by atomic mass is 9.61. The monoisotopic (exact) mass is 676 g/mol. The van der Waals surface area contributed by atoms with E-state index >= 15 is 0 Å². The number of halogens is 5. The van der Waals surface area contributed by atoms with Gasteiger partial charge in [0.05, 0.1) is 53.3 Å². The van der Waals surface area contributed by atoms with Crippen molar-refractivity contribution in [1.82, 2.24) is 19.1 Å². The van der Waals surface area contributed by atoms with Crippen molar-refractivity contribution in [2.45, 2.75) is 48.8 Å². The number of allylic oxidation sites excluding steroid dienone is 1. The molecule has 0 unspecified atom stereocenters. The molecule has 0 amide bonds. The molecule has 0 radical (unpaired) electrons. The van der Waals surface area contributed by atoms with Crippen LogP contribution in [-0.2, 0) is 27.4 Å². The Morgan fingerprint density at radius 1 is 1.00 bits per heavy atom. The molecule has 8 nitrogen and oxygen atoms in total. The highest BCUT2D eigenvalue weighted by molar-refractivity contribution is 7.89. The third kappa shape index (κ3) is 5.18. The summed E-state index contributed by atoms with van der Waals surface area (Å²) in [6.07, 6.45) is -0.145. The fourth-order valence-electron chi connectivity index (χ4n) is 6.59. The predicted octanol–water partition coefficient (Wildman–Crippen LogP) is 6.08. The second-order valence-corrected chi connectivity index (χ2v) is 14.5. The van der Waals surface area contributed by atoms with Gasteiger partial charge in [0.25, 0.3) is 0 Å². The number of ketones is 1. The lowest BCUT2D eigenvalue weighted by Gasteiger charge is -2.49. The number of carbonyl (C=O) groups excluding carboxylic acids is 1. The maximum Gasteiger partial charge on any atom is 0.427 e. The molecule has 2 aromatic heterocycles. The summed E-state index contributed by atoms with van der Waals surface area (Å²) in [4.78, 5) is 17.2. The SMILES string of the molecule is O=C(c1ncc(C(F)(F)F)s1)[C@]12Cc3cnn(-c4ccc(F)cc4)c3C=C1CC[C@H](N(C1COC1)S(=O)(=O)c1ccc(F)cc1)C2. The van der Waals surface area contributed by atoms with Crippen molar-refractivity contribution in [3.8, 4) is 5.69 Å². The number of ether oxygens (including phenoxy) is 1. The van der Waals surface area contributed by atoms with Gasteiger partial charge >= 0.3 is 6.18 Å². The predicted molar refractivity (Wildman–Crippen MR) is 157 cm³/mol. The fourth-order valence-corrected chi connectivity index (χ4v) is 9.23. The summed E-state index contributed by atoms with van der Waals surface area (Å²) in [7, 11) is -4.20. The first kappa shape index (κ1) is 30.8. The Morgan fingerprint density at radius 2 is 1.67 bits per heavy atom. The van der Waals surface area contributed by atoms with Crippen LogP contribution in [0, 0.1) is 17.0 Å². The van der Waals surface area contributed by atoms with Crippen LogP contribution in [0.3, 0.4) is 0 Å². The normalized spacial score (nSPS) is 21.8. The summed E-state index contributed by atoms with van der Waals surface area (Å²) < 4.78 is 104. The Bertz CT molecular complexity index is 1950. The van der Waals surface area contributed by atoms with Crippen LogP contribution in [0.15, 0.2) is 71.4 Å². The summed E-state index contributed by atoms with van der Waals surface area (Å²) in [6.45, 7) is 0.243. The van der Waals surface area contributed by atoms with Crippen LogP contribution < -0.4 is 0 Å². The number of hydrogen-bond donors (Lipinski definition) is 0. The first-order chi connectivity index (χ1) is 21.9. The van der Waals surface area contributed by atoms with Gasteiger partial charge in [0, 0.05) is 6.04 Å². The van der Waals surface area contributed by atoms with Crippen molar-refractivity contribution < 1.29 is 39.9 Å². The number of aromatic nitrogens is 3. The standard InChI is InChI=1S/C31H25F5N4O4S2/c32-20-2-7-22(8-3-20)39-26-11-19-1-6-23(40(24-16-44-17-24)46(42,43)25-9-4-21(33)5-10-25)13-30(19,12-18(26)14-38-39)28(41)29-37-15-27(45-29)31(34,35)36/h2-5,7-11,14-15,23-24H,1,6,12-13,16-17H2/t23-,30-/m0/s1. The summed E-state index contributed by atoms with van der Waals surface area (Å²) in [5.41, 5.74) is 1.03. The zero-order valence-electron chi connectivity index (χ0n) is 23.9. The summed E-state index contributed by atoms with van der Waals surface area (Å²) in [5.74, 6) is -1.66. The third-order valence-corrected chi connectivity index (χ3v) is 11.9. The topological polar surface area (TPSA) is 94.4 Å². The maximum absolute atomic E-state index is 14.4. The number of sulfonamides is 1. The smallest absolute Gasteiger partial charge is 0.378 e. The fraction of sp³-hybridized carbons (Fsp3) is 0.323. The van der Waals surface area contributed by atoms with Gasteiger partial charge in [0.2, 0.25) is 15.8 Å². The van der Waals surface area contributed by atoms with E-state index in [4.69, 9.17) is 4.74 Å². The highest BCUT2D eigenvalue weighted by Gasteiger charge is 2.54. The molecular formula is C31H25F5N4O4S2. The summed E-state index contributed by atoms with van der Waals surface area (Å²) in [5, 5.41) is 4.14. The van der Waals surface area contributed by atoms with Crippen molar-refractivity contribution in [3.63, 3.8) is 0 Å². The number of alkyl halides is 3. The molecule has 2 atom stereocenters. The molecule has 3 aliphatic rings. The number of hydrogen-bond acceptors (Lipinski definition) is 7. The summed E-state index contributed by atoms with van der Waals surface area (Å²) in [6, 6.07) is 8.87. The molecule has 2 fully saturated rings. The van der Waals surface area contributed by atoms with Gasteiger partial charge in [-0.3, -0.25) is 4.79 Å². The Kier molecular flexibility index (Phi) is 7.49. The van der Waals surface area contributed by atoms with Crippen LogP contribution in [0.25, 0.3) is 11.8 Å². The van der Waals surface area contributed by atoms with E-state index in [2.05, 4.69) is 10.1 Å². The highest BCUT2D eigenvalue weighted by Crippen LogP contribution is 2.52. The second kappa shape index (κ2) is 11.2. The Morgan fingerprint density at radius 3 is 2.28 bits per heavy atom. The highest BCUT2D eigenvalue weighted by atomic mass is 32.2. The van der Waals surface area contributed by atoms with Crippen molar-refractivity contribution in [2.24, 2.45) is 5.41 Å². The summed E-state index contributed by atoms with van der Waals surface area (Å²) >= 11 is 0.256. The molecule has 7 rings (SSSR count). The molecule has 0 bridgehead atoms. The molecule has 0 spiro atoms. The van der Waals surface area contributed by atoms with Crippen LogP contribution >= 0.6 is 11.3 Å². The van der Waals surface area contributed by atoms with Crippen molar-refractivity contribution in [1.29, 1.82) is 0 Å². The molecule has 1 aliphatic heterocycles.